The molecule has 2 rings (SSSR count). The number of aliphatic hydroxyl groups is 2. The molecule has 0 fully saturated rings. The summed E-state index contributed by atoms with van der Waals surface area (Å²) in [6, 6.07) is 5.61. The molecule has 0 aromatic carbocycles. The third kappa shape index (κ3) is 2.05. The van der Waals surface area contributed by atoms with Crippen LogP contribution < -0.4 is 5.32 Å². The molecular formula is C11H15N3O2. The zero-order valence-corrected chi connectivity index (χ0v) is 8.93. The standard InChI is InChI=1S/C11H15N3O2/c15-7-11(8-16)5-13-10(14-6-11)9-3-1-2-4-12-9/h1-4,15-16H,5-8H2,(H,13,14). The van der Waals surface area contributed by atoms with E-state index in [9.17, 15) is 10.2 Å². The molecular weight excluding hydrogens is 206 g/mol. The van der Waals surface area contributed by atoms with Crippen molar-refractivity contribution in [1.82, 2.24) is 10.3 Å². The molecule has 0 atom stereocenters. The van der Waals surface area contributed by atoms with E-state index in [0.29, 0.717) is 13.1 Å². The summed E-state index contributed by atoms with van der Waals surface area (Å²) in [5, 5.41) is 21.5. The fourth-order valence-electron chi connectivity index (χ4n) is 1.57. The van der Waals surface area contributed by atoms with Crippen molar-refractivity contribution < 1.29 is 10.2 Å². The maximum atomic E-state index is 9.21. The quantitative estimate of drug-likeness (QED) is 0.637. The fraction of sp³-hybridized carbons (Fsp3) is 0.455. The van der Waals surface area contributed by atoms with Crippen LogP contribution in [0.3, 0.4) is 0 Å². The largest absolute Gasteiger partial charge is 0.396 e. The van der Waals surface area contributed by atoms with E-state index in [-0.39, 0.29) is 13.2 Å². The van der Waals surface area contributed by atoms with Gasteiger partial charge in [0.05, 0.1) is 25.2 Å². The Labute approximate surface area is 93.9 Å². The zero-order valence-electron chi connectivity index (χ0n) is 8.93. The number of nitrogens with zero attached hydrogens (tertiary/aromatic N) is 2. The third-order valence-corrected chi connectivity index (χ3v) is 2.78. The second-order valence-corrected chi connectivity index (χ2v) is 4.05. The van der Waals surface area contributed by atoms with E-state index >= 15 is 0 Å². The first-order valence-electron chi connectivity index (χ1n) is 5.21. The first-order valence-corrected chi connectivity index (χ1v) is 5.21. The number of rotatable bonds is 3. The van der Waals surface area contributed by atoms with E-state index in [1.54, 1.807) is 6.20 Å². The van der Waals surface area contributed by atoms with Crippen molar-refractivity contribution in [2.45, 2.75) is 0 Å². The maximum absolute atomic E-state index is 9.21. The van der Waals surface area contributed by atoms with Crippen LogP contribution in [0.2, 0.25) is 0 Å². The molecule has 1 aliphatic heterocycles. The highest BCUT2D eigenvalue weighted by molar-refractivity contribution is 5.97. The number of pyridine rings is 1. The van der Waals surface area contributed by atoms with E-state index in [1.807, 2.05) is 18.2 Å². The smallest absolute Gasteiger partial charge is 0.147 e. The van der Waals surface area contributed by atoms with Gasteiger partial charge in [-0.1, -0.05) is 6.07 Å². The van der Waals surface area contributed by atoms with Crippen LogP contribution in [0.15, 0.2) is 29.4 Å². The molecule has 0 spiro atoms. The lowest BCUT2D eigenvalue weighted by Gasteiger charge is -2.32. The van der Waals surface area contributed by atoms with Crippen molar-refractivity contribution in [1.29, 1.82) is 0 Å². The van der Waals surface area contributed by atoms with Gasteiger partial charge in [0.15, 0.2) is 0 Å². The van der Waals surface area contributed by atoms with E-state index < -0.39 is 5.41 Å². The summed E-state index contributed by atoms with van der Waals surface area (Å²) in [6.45, 7) is 0.777. The highest BCUT2D eigenvalue weighted by atomic mass is 16.3. The third-order valence-electron chi connectivity index (χ3n) is 2.78. The molecule has 2 heterocycles. The summed E-state index contributed by atoms with van der Waals surface area (Å²) < 4.78 is 0. The van der Waals surface area contributed by atoms with Crippen molar-refractivity contribution in [3.05, 3.63) is 30.1 Å². The van der Waals surface area contributed by atoms with E-state index in [0.717, 1.165) is 11.5 Å². The zero-order chi connectivity index (χ0) is 11.4. The van der Waals surface area contributed by atoms with Crippen LogP contribution in [0, 0.1) is 5.41 Å². The molecule has 5 heteroatoms. The Kier molecular flexibility index (Phi) is 3.17. The monoisotopic (exact) mass is 221 g/mol. The van der Waals surface area contributed by atoms with Gasteiger partial charge in [0.1, 0.15) is 11.5 Å². The first kappa shape index (κ1) is 11.0. The minimum absolute atomic E-state index is 0.0739. The van der Waals surface area contributed by atoms with Crippen LogP contribution in [0.25, 0.3) is 0 Å². The van der Waals surface area contributed by atoms with Gasteiger partial charge in [-0.3, -0.25) is 9.98 Å². The van der Waals surface area contributed by atoms with Gasteiger partial charge >= 0.3 is 0 Å². The molecule has 0 radical (unpaired) electrons. The summed E-state index contributed by atoms with van der Waals surface area (Å²) in [6.07, 6.45) is 1.71. The van der Waals surface area contributed by atoms with Crippen LogP contribution in [0.1, 0.15) is 5.69 Å². The van der Waals surface area contributed by atoms with Crippen molar-refractivity contribution in [3.8, 4) is 0 Å². The Morgan fingerprint density at radius 1 is 1.31 bits per heavy atom. The SMILES string of the molecule is OCC1(CO)CN=C(c2ccccn2)NC1. The highest BCUT2D eigenvalue weighted by Gasteiger charge is 2.32. The van der Waals surface area contributed by atoms with Crippen LogP contribution >= 0.6 is 0 Å². The fourth-order valence-corrected chi connectivity index (χ4v) is 1.57. The molecule has 0 bridgehead atoms. The van der Waals surface area contributed by atoms with E-state index in [4.69, 9.17) is 0 Å². The Morgan fingerprint density at radius 3 is 2.62 bits per heavy atom. The van der Waals surface area contributed by atoms with Gasteiger partial charge in [-0.25, -0.2) is 0 Å². The van der Waals surface area contributed by atoms with Crippen molar-refractivity contribution in [3.63, 3.8) is 0 Å². The normalized spacial score (nSPS) is 18.8. The van der Waals surface area contributed by atoms with Crippen LogP contribution in [0.5, 0.6) is 0 Å². The second-order valence-electron chi connectivity index (χ2n) is 4.05. The van der Waals surface area contributed by atoms with Gasteiger partial charge in [-0.2, -0.15) is 0 Å². The summed E-state index contributed by atoms with van der Waals surface area (Å²) in [7, 11) is 0. The van der Waals surface area contributed by atoms with Crippen LogP contribution in [-0.2, 0) is 0 Å². The van der Waals surface area contributed by atoms with Gasteiger partial charge in [0, 0.05) is 12.7 Å². The molecule has 86 valence electrons. The number of aliphatic hydroxyl groups excluding tert-OH is 2. The number of nitrogens with one attached hydrogen (secondary N) is 1. The van der Waals surface area contributed by atoms with Gasteiger partial charge in [-0.05, 0) is 12.1 Å². The van der Waals surface area contributed by atoms with Crippen LogP contribution in [-0.4, -0.2) is 47.3 Å². The molecule has 0 amide bonds. The summed E-state index contributed by atoms with van der Waals surface area (Å²) in [5.41, 5.74) is 0.241. The number of hydrogen-bond donors (Lipinski definition) is 3. The summed E-state index contributed by atoms with van der Waals surface area (Å²) in [4.78, 5) is 8.50. The predicted molar refractivity (Wildman–Crippen MR) is 60.2 cm³/mol. The van der Waals surface area contributed by atoms with Gasteiger partial charge in [0.25, 0.3) is 0 Å². The van der Waals surface area contributed by atoms with Crippen LogP contribution in [0.4, 0.5) is 0 Å². The summed E-state index contributed by atoms with van der Waals surface area (Å²) in [5.74, 6) is 0.720. The molecule has 1 aromatic rings. The van der Waals surface area contributed by atoms with Crippen molar-refractivity contribution >= 4 is 5.84 Å². The predicted octanol–water partition coefficient (Wildman–Crippen LogP) is -0.598. The topological polar surface area (TPSA) is 77.7 Å². The van der Waals surface area contributed by atoms with Crippen molar-refractivity contribution in [2.24, 2.45) is 10.4 Å². The lowest BCUT2D eigenvalue weighted by molar-refractivity contribution is 0.0622. The summed E-state index contributed by atoms with van der Waals surface area (Å²) >= 11 is 0. The second kappa shape index (κ2) is 4.59. The number of hydrogen-bond acceptors (Lipinski definition) is 5. The molecule has 0 saturated heterocycles. The lowest BCUT2D eigenvalue weighted by Crippen LogP contribution is -2.49. The lowest BCUT2D eigenvalue weighted by atomic mass is 9.89. The molecule has 3 N–H and O–H groups in total. The molecule has 0 aliphatic carbocycles. The number of aliphatic imine (C=N–C) groups is 1. The van der Waals surface area contributed by atoms with E-state index in [2.05, 4.69) is 15.3 Å². The Bertz CT molecular complexity index is 374. The maximum Gasteiger partial charge on any atom is 0.147 e. The van der Waals surface area contributed by atoms with Gasteiger partial charge < -0.3 is 15.5 Å². The minimum Gasteiger partial charge on any atom is -0.396 e. The van der Waals surface area contributed by atoms with E-state index in [1.165, 1.54) is 0 Å². The molecule has 1 aromatic heterocycles. The highest BCUT2D eigenvalue weighted by Crippen LogP contribution is 2.18. The van der Waals surface area contributed by atoms with Gasteiger partial charge in [0.2, 0.25) is 0 Å². The minimum atomic E-state index is -0.543. The first-order chi connectivity index (χ1) is 7.79. The average molecular weight is 221 g/mol. The molecule has 5 nitrogen and oxygen atoms in total. The molecule has 0 unspecified atom stereocenters. The Morgan fingerprint density at radius 2 is 2.12 bits per heavy atom. The molecule has 0 saturated carbocycles. The van der Waals surface area contributed by atoms with Gasteiger partial charge in [-0.15, -0.1) is 0 Å². The molecule has 16 heavy (non-hydrogen) atoms. The number of amidine groups is 1. The molecule has 1 aliphatic rings. The average Bonchev–Trinajstić information content (AvgIpc) is 2.40. The Hall–Kier alpha value is -1.46. The van der Waals surface area contributed by atoms with Crippen molar-refractivity contribution in [2.75, 3.05) is 26.3 Å². The Balaban J connectivity index is 2.15. The number of aromatic nitrogens is 1.